The summed E-state index contributed by atoms with van der Waals surface area (Å²) in [5.74, 6) is 3.09. The van der Waals surface area contributed by atoms with Crippen LogP contribution in [0.15, 0.2) is 243 Å². The molecule has 11 N–H and O–H groups in total. The number of hydrogen-bond acceptors (Lipinski definition) is 22. The summed E-state index contributed by atoms with van der Waals surface area (Å²) in [5, 5.41) is 47.9. The highest BCUT2D eigenvalue weighted by Crippen LogP contribution is 2.34. The van der Waals surface area contributed by atoms with Gasteiger partial charge in [-0.25, -0.2) is 14.7 Å². The molecule has 13 aromatic rings. The van der Waals surface area contributed by atoms with Gasteiger partial charge in [0.2, 0.25) is 0 Å². The van der Waals surface area contributed by atoms with Gasteiger partial charge in [-0.3, -0.25) is 30.1 Å². The van der Waals surface area contributed by atoms with Crippen LogP contribution in [0.4, 0.5) is 15.3 Å². The van der Waals surface area contributed by atoms with Gasteiger partial charge in [0.25, 0.3) is 15.9 Å². The molecule has 0 saturated carbocycles. The van der Waals surface area contributed by atoms with E-state index >= 15 is 0 Å². The van der Waals surface area contributed by atoms with Gasteiger partial charge < -0.3 is 59.0 Å². The lowest BCUT2D eigenvalue weighted by Crippen LogP contribution is -2.32. The predicted octanol–water partition coefficient (Wildman–Crippen LogP) is 14.4. The lowest BCUT2D eigenvalue weighted by atomic mass is 9.80. The van der Waals surface area contributed by atoms with Crippen LogP contribution in [0.3, 0.4) is 0 Å². The number of nitrogens with one attached hydrogen (secondary N) is 3. The Balaban J connectivity index is 0.000000197. The molecule has 0 fully saturated rings. The summed E-state index contributed by atoms with van der Waals surface area (Å²) in [7, 11) is -2.68. The molecule has 4 aromatic heterocycles. The molecule has 28 nitrogen and oxygen atoms in total. The first-order chi connectivity index (χ1) is 55.1. The van der Waals surface area contributed by atoms with Gasteiger partial charge in [0.05, 0.1) is 60.5 Å². The first-order valence-electron chi connectivity index (χ1n) is 35.6. The number of nitro groups is 1. The molecule has 2 amide bonds. The number of hydrogen-bond donors (Lipinski definition) is 8. The highest BCUT2D eigenvalue weighted by molar-refractivity contribution is 7.87. The van der Waals surface area contributed by atoms with Crippen LogP contribution in [0.2, 0.25) is 5.02 Å². The summed E-state index contributed by atoms with van der Waals surface area (Å²) in [5.41, 5.74) is 18.8. The summed E-state index contributed by atoms with van der Waals surface area (Å²) >= 11 is 5.97. The monoisotopic (exact) mass is 1670 g/mol. The number of carbonyl (C=O) groups excluding carboxylic acids is 2. The molecule has 0 radical (unpaired) electrons. The lowest BCUT2D eigenvalue weighted by Gasteiger charge is -2.19. The molecule has 0 atom stereocenters. The molecule has 0 saturated heterocycles. The number of nitrogens with two attached hydrogens (primary N) is 3. The second-order valence-corrected chi connectivity index (χ2v) is 30.2. The van der Waals surface area contributed by atoms with E-state index in [0.29, 0.717) is 30.1 Å². The van der Waals surface area contributed by atoms with Crippen LogP contribution in [0.5, 0.6) is 28.7 Å². The van der Waals surface area contributed by atoms with Crippen LogP contribution in [0, 0.1) is 10.1 Å². The largest absolute Gasteiger partial charge is 0.497 e. The maximum absolute atomic E-state index is 11.8. The van der Waals surface area contributed by atoms with Crippen molar-refractivity contribution in [2.45, 2.75) is 78.9 Å². The number of ether oxygens (including phenoxy) is 6. The van der Waals surface area contributed by atoms with E-state index in [4.69, 9.17) is 60.9 Å². The Hall–Kier alpha value is -12.1. The fourth-order valence-corrected chi connectivity index (χ4v) is 11.9. The Morgan fingerprint density at radius 1 is 0.462 bits per heavy atom. The van der Waals surface area contributed by atoms with E-state index in [-0.39, 0.29) is 30.4 Å². The number of nitrogens with zero attached hydrogens (tertiary/aromatic N) is 5. The molecule has 0 aliphatic heterocycles. The van der Waals surface area contributed by atoms with E-state index in [1.54, 1.807) is 98.1 Å². The number of pyridine rings is 4. The Kier molecular flexibility index (Phi) is 33.8. The molecule has 33 heteroatoms. The van der Waals surface area contributed by atoms with Crippen LogP contribution in [0.25, 0.3) is 77.0 Å². The van der Waals surface area contributed by atoms with Crippen molar-refractivity contribution in [3.8, 4) is 62.1 Å². The summed E-state index contributed by atoms with van der Waals surface area (Å²) in [4.78, 5) is 50.2. The van der Waals surface area contributed by atoms with Gasteiger partial charge in [-0.05, 0) is 188 Å². The maximum Gasteiger partial charge on any atom is 0.488 e. The Labute approximate surface area is 689 Å². The number of non-ortho nitro benzene ring substituents is 1. The third-order valence-corrected chi connectivity index (χ3v) is 17.8. The average Bonchev–Trinajstić information content (AvgIpc) is 0.805. The van der Waals surface area contributed by atoms with Gasteiger partial charge in [-0.2, -0.15) is 26.7 Å². The number of nitro benzene ring substituents is 1. The number of fused-ring (bicyclic) bond motifs is 4. The van der Waals surface area contributed by atoms with Crippen LogP contribution >= 0.6 is 24.0 Å². The summed E-state index contributed by atoms with van der Waals surface area (Å²) in [6.45, 7) is 12.4. The first-order valence-corrected chi connectivity index (χ1v) is 39.0. The van der Waals surface area contributed by atoms with E-state index in [9.17, 15) is 36.5 Å². The van der Waals surface area contributed by atoms with Gasteiger partial charge in [-0.1, -0.05) is 109 Å². The van der Waals surface area contributed by atoms with Gasteiger partial charge in [0, 0.05) is 109 Å². The molecule has 0 spiro atoms. The van der Waals surface area contributed by atoms with Crippen molar-refractivity contribution in [2.24, 2.45) is 16.0 Å². The number of rotatable bonds is 19. The molecule has 612 valence electrons. The zero-order valence-electron chi connectivity index (χ0n) is 65.6. The van der Waals surface area contributed by atoms with Crippen LogP contribution in [-0.2, 0) is 56.2 Å². The fourth-order valence-electron chi connectivity index (χ4n) is 10.9. The van der Waals surface area contributed by atoms with Crippen LogP contribution < -0.4 is 60.0 Å². The van der Waals surface area contributed by atoms with Crippen molar-refractivity contribution in [2.75, 3.05) is 28.4 Å². The molecule has 4 heterocycles. The quantitative estimate of drug-likeness (QED) is 0.0212. The zero-order chi connectivity index (χ0) is 84.3. The van der Waals surface area contributed by atoms with E-state index in [2.05, 4.69) is 68.9 Å². The highest BCUT2D eigenvalue weighted by atomic mass is 35.5. The molecule has 0 aliphatic carbocycles. The fraction of sp³-hybridized carbons (Fsp3) is 0.190. The van der Waals surface area contributed by atoms with Gasteiger partial charge in [0.15, 0.2) is 0 Å². The van der Waals surface area contributed by atoms with E-state index in [1.807, 2.05) is 166 Å². The van der Waals surface area contributed by atoms with Crippen molar-refractivity contribution in [1.82, 2.24) is 35.3 Å². The van der Waals surface area contributed by atoms with Crippen molar-refractivity contribution in [3.05, 3.63) is 281 Å². The third kappa shape index (κ3) is 29.6. The topological polar surface area (TPSA) is 416 Å². The Bertz CT molecular complexity index is 5730. The average molecular weight is 1670 g/mol. The van der Waals surface area contributed by atoms with Crippen molar-refractivity contribution in [3.63, 3.8) is 0 Å². The molecule has 0 unspecified atom stereocenters. The molecule has 117 heavy (non-hydrogen) atoms. The summed E-state index contributed by atoms with van der Waals surface area (Å²) < 4.78 is 80.5. The van der Waals surface area contributed by atoms with Crippen LogP contribution in [-0.4, -0.2) is 111 Å². The minimum atomic E-state index is -4.08. The van der Waals surface area contributed by atoms with Crippen molar-refractivity contribution in [1.29, 1.82) is 0 Å². The predicted molar refractivity (Wildman–Crippen MR) is 459 cm³/mol. The van der Waals surface area contributed by atoms with Crippen molar-refractivity contribution < 1.29 is 74.0 Å². The van der Waals surface area contributed by atoms with Crippen molar-refractivity contribution >= 4 is 119 Å². The molecular weight excluding hydrogens is 1580 g/mol. The van der Waals surface area contributed by atoms with Gasteiger partial charge >= 0.3 is 29.6 Å². The van der Waals surface area contributed by atoms with Gasteiger partial charge in [0.1, 0.15) is 39.9 Å². The number of benzene rings is 9. The number of halogens is 2. The van der Waals surface area contributed by atoms with Gasteiger partial charge in [-0.15, -0.1) is 12.4 Å². The molecule has 0 aliphatic rings. The summed E-state index contributed by atoms with van der Waals surface area (Å²) in [6.07, 6.45) is 6.18. The number of alkyl carbamates (subject to hydrolysis) is 2. The molecule has 9 aromatic carbocycles. The normalized spacial score (nSPS) is 10.9. The van der Waals surface area contributed by atoms with E-state index < -0.39 is 55.9 Å². The maximum atomic E-state index is 11.8. The number of amides is 2. The molecule has 0 bridgehead atoms. The second-order valence-electron chi connectivity index (χ2n) is 27.2. The van der Waals surface area contributed by atoms with Crippen LogP contribution in [0.1, 0.15) is 63.8 Å². The highest BCUT2D eigenvalue weighted by Gasteiger charge is 2.19. The van der Waals surface area contributed by atoms with E-state index in [0.717, 1.165) is 135 Å². The zero-order valence-corrected chi connectivity index (χ0v) is 68.8. The third-order valence-electron chi connectivity index (χ3n) is 16.5. The smallest absolute Gasteiger partial charge is 0.488 e. The Morgan fingerprint density at radius 2 is 0.778 bits per heavy atom. The number of methoxy groups -OCH3 is 4. The number of carbonyl (C=O) groups is 2. The molecule has 13 rings (SSSR count). The second kappa shape index (κ2) is 43.0. The SMILES string of the molecule is CC(C)(C)OC(=O)NCc1ccc(B(O)O)cc1.COc1ccc2c(-c3ccc(CN)cc3)ccnc2c1.COc1ccc2c(-c3ccc(CNC(=O)OC(C)(C)C)cc3)ccnc2c1.COc1ccc2c(-c3ccc(CNS(N)(=O)=O)cc3)ccnc2c1.COc1ccc2c(Cl)ccnc2c1.Cl.NS(=O)(=O)Oc1ccc([N+](=O)[O-])cc1. The Morgan fingerprint density at radius 3 is 1.09 bits per heavy atom. The minimum Gasteiger partial charge on any atom is -0.497 e. The lowest BCUT2D eigenvalue weighted by molar-refractivity contribution is -0.384. The minimum absolute atomic E-state index is 0. The molecular formula is C84H90BCl2N11O17S2. The number of aromatic nitrogens is 4. The standard InChI is InChI=1S/C22H24N2O3.C17H17N3O3S.C17H16N2O.C12H18BNO4.C10H8ClNO.C6H6N2O5S.ClH/c1-22(2,3)27-21(25)24-14-15-5-7-16(8-6-15)18-11-12-23-20-13-17(26-4)9-10-19(18)20;1-23-14-6-7-16-15(8-9-19-17(16)10-14)13-4-2-12(3-5-13)11-20-24(18,21)22;1-20-14-6-7-16-15(8-9-19-17(16)10-14)13-4-2-12(11-18)3-5-13;1-12(2,3)18-11(15)14-8-9-4-6-10(7-5-9)13(16)17;1-13-7-2-3-8-9(11)4-5-12-10(8)6-7;7-14(11,12)13-6-3-1-5(2-4-6)8(9)10;/h5-13H,14H2,1-4H3,(H,24,25);2-10,20H,11H2,1H3,(H2,18,21,22);2-10H,11,18H2,1H3;4-7,16-17H,8H2,1-3H3,(H,14,15);2-6H,1H3;1-4H,(H2,7,11,12);1H. The summed E-state index contributed by atoms with van der Waals surface area (Å²) in [6, 6.07) is 66.2. The van der Waals surface area contributed by atoms with E-state index in [1.165, 1.54) is 11.1 Å². The first kappa shape index (κ1) is 92.0.